The van der Waals surface area contributed by atoms with Gasteiger partial charge in [0.1, 0.15) is 21.5 Å². The van der Waals surface area contributed by atoms with Crippen LogP contribution in [0.15, 0.2) is 36.7 Å². The first kappa shape index (κ1) is 30.4. The summed E-state index contributed by atoms with van der Waals surface area (Å²) in [5, 5.41) is 14.4. The third kappa shape index (κ3) is 6.45. The van der Waals surface area contributed by atoms with Crippen molar-refractivity contribution >= 4 is 43.9 Å². The predicted octanol–water partition coefficient (Wildman–Crippen LogP) is 4.08. The van der Waals surface area contributed by atoms with Crippen LogP contribution in [-0.4, -0.2) is 91.1 Å². The maximum absolute atomic E-state index is 15.4. The Labute approximate surface area is 247 Å². The number of fused-ring (bicyclic) bond motifs is 1. The van der Waals surface area contributed by atoms with Crippen LogP contribution < -0.4 is 15.1 Å². The van der Waals surface area contributed by atoms with E-state index in [-0.39, 0.29) is 43.4 Å². The van der Waals surface area contributed by atoms with Crippen molar-refractivity contribution in [2.24, 2.45) is 5.92 Å². The quantitative estimate of drug-likeness (QED) is 0.352. The molecule has 2 aliphatic heterocycles. The number of nitrogens with one attached hydrogen (secondary N) is 1. The standard InChI is InChI=1S/C30H41FN6O4S/c1-19(2)22-6-7-25(37-16-21(20(37)3)17-42(5,39)40)24-15-33-28(14-23(22)24)34-27-8-10-32-29(35-27)36-11-9-26(41-13-12-38)30(4,31)18-36/h6-8,10,14-15,19-21,26,38H,9,11-13,16-18H2,1-5H3,(H,32,33,34,35)/t20-,21-,26-,30+/m1/s1. The monoisotopic (exact) mass is 600 g/mol. The Bertz CT molecular complexity index is 1540. The molecular weight excluding hydrogens is 559 g/mol. The van der Waals surface area contributed by atoms with Crippen LogP contribution in [0.1, 0.15) is 45.6 Å². The van der Waals surface area contributed by atoms with E-state index in [0.29, 0.717) is 37.1 Å². The lowest BCUT2D eigenvalue weighted by Crippen LogP contribution is -2.57. The molecule has 4 heterocycles. The molecule has 2 fully saturated rings. The second-order valence-corrected chi connectivity index (χ2v) is 14.3. The highest BCUT2D eigenvalue weighted by Gasteiger charge is 2.42. The fourth-order valence-corrected chi connectivity index (χ4v) is 7.27. The number of rotatable bonds is 10. The van der Waals surface area contributed by atoms with E-state index in [1.165, 1.54) is 18.7 Å². The van der Waals surface area contributed by atoms with Crippen molar-refractivity contribution in [3.05, 3.63) is 42.2 Å². The van der Waals surface area contributed by atoms with Crippen molar-refractivity contribution in [3.8, 4) is 0 Å². The zero-order valence-electron chi connectivity index (χ0n) is 24.9. The largest absolute Gasteiger partial charge is 0.394 e. The molecule has 0 bridgehead atoms. The number of ether oxygens (including phenoxy) is 1. The maximum Gasteiger partial charge on any atom is 0.227 e. The third-order valence-corrected chi connectivity index (χ3v) is 9.42. The van der Waals surface area contributed by atoms with Gasteiger partial charge < -0.3 is 25.0 Å². The molecule has 0 spiro atoms. The summed E-state index contributed by atoms with van der Waals surface area (Å²) in [7, 11) is -3.03. The summed E-state index contributed by atoms with van der Waals surface area (Å²) >= 11 is 0. The van der Waals surface area contributed by atoms with Gasteiger partial charge in [0.25, 0.3) is 0 Å². The number of alkyl halides is 1. The number of anilines is 4. The predicted molar refractivity (Wildman–Crippen MR) is 164 cm³/mol. The lowest BCUT2D eigenvalue weighted by molar-refractivity contribution is -0.0703. The van der Waals surface area contributed by atoms with Crippen LogP contribution in [0.5, 0.6) is 0 Å². The Kier molecular flexibility index (Phi) is 8.60. The van der Waals surface area contributed by atoms with E-state index in [1.807, 2.05) is 17.2 Å². The van der Waals surface area contributed by atoms with Crippen molar-refractivity contribution in [3.63, 3.8) is 0 Å². The molecule has 2 aromatic heterocycles. The van der Waals surface area contributed by atoms with E-state index in [4.69, 9.17) is 14.8 Å². The van der Waals surface area contributed by atoms with Crippen LogP contribution in [0.4, 0.5) is 27.7 Å². The van der Waals surface area contributed by atoms with Crippen LogP contribution in [0.3, 0.4) is 0 Å². The number of piperidine rings is 1. The van der Waals surface area contributed by atoms with Gasteiger partial charge in [-0.25, -0.2) is 22.8 Å². The van der Waals surface area contributed by atoms with Crippen LogP contribution >= 0.6 is 0 Å². The molecule has 228 valence electrons. The molecule has 0 radical (unpaired) electrons. The minimum Gasteiger partial charge on any atom is -0.394 e. The zero-order valence-corrected chi connectivity index (χ0v) is 25.7. The second-order valence-electron chi connectivity index (χ2n) is 12.1. The molecular formula is C30H41FN6O4S. The number of pyridine rings is 1. The molecule has 0 aliphatic carbocycles. The van der Waals surface area contributed by atoms with Gasteiger partial charge in [0, 0.05) is 54.8 Å². The van der Waals surface area contributed by atoms with E-state index in [2.05, 4.69) is 53.1 Å². The summed E-state index contributed by atoms with van der Waals surface area (Å²) in [6.07, 6.45) is 4.68. The summed E-state index contributed by atoms with van der Waals surface area (Å²) in [5.41, 5.74) is 0.636. The van der Waals surface area contributed by atoms with E-state index in [0.717, 1.165) is 16.5 Å². The first-order valence-electron chi connectivity index (χ1n) is 14.5. The van der Waals surface area contributed by atoms with E-state index < -0.39 is 21.6 Å². The van der Waals surface area contributed by atoms with Crippen molar-refractivity contribution in [1.29, 1.82) is 0 Å². The summed E-state index contributed by atoms with van der Waals surface area (Å²) in [5.74, 6) is 2.19. The van der Waals surface area contributed by atoms with Crippen molar-refractivity contribution < 1.29 is 22.7 Å². The van der Waals surface area contributed by atoms with Gasteiger partial charge >= 0.3 is 0 Å². The number of sulfone groups is 1. The molecule has 2 saturated heterocycles. The van der Waals surface area contributed by atoms with E-state index in [1.54, 1.807) is 12.3 Å². The Balaban J connectivity index is 1.37. The minimum absolute atomic E-state index is 0.0846. The molecule has 2 aliphatic rings. The highest BCUT2D eigenvalue weighted by atomic mass is 32.2. The van der Waals surface area contributed by atoms with Crippen molar-refractivity contribution in [2.75, 3.05) is 60.0 Å². The molecule has 42 heavy (non-hydrogen) atoms. The minimum atomic E-state index is -3.03. The molecule has 0 amide bonds. The normalized spacial score (nSPS) is 24.7. The van der Waals surface area contributed by atoms with Gasteiger partial charge in [-0.2, -0.15) is 4.98 Å². The molecule has 4 atom stereocenters. The number of aliphatic hydroxyl groups excluding tert-OH is 1. The molecule has 2 N–H and O–H groups in total. The van der Waals surface area contributed by atoms with Crippen LogP contribution in [-0.2, 0) is 14.6 Å². The fraction of sp³-hybridized carbons (Fsp3) is 0.567. The first-order chi connectivity index (χ1) is 19.9. The fourth-order valence-electron chi connectivity index (χ4n) is 6.11. The van der Waals surface area contributed by atoms with Gasteiger partial charge in [0.05, 0.1) is 31.6 Å². The number of hydrogen-bond acceptors (Lipinski definition) is 10. The van der Waals surface area contributed by atoms with Gasteiger partial charge in [0.15, 0.2) is 5.67 Å². The summed E-state index contributed by atoms with van der Waals surface area (Å²) in [4.78, 5) is 17.8. The van der Waals surface area contributed by atoms with Gasteiger partial charge in [-0.05, 0) is 55.3 Å². The first-order valence-corrected chi connectivity index (χ1v) is 16.6. The Morgan fingerprint density at radius 2 is 2.00 bits per heavy atom. The average Bonchev–Trinajstić information content (AvgIpc) is 2.93. The molecule has 0 saturated carbocycles. The van der Waals surface area contributed by atoms with Crippen LogP contribution in [0, 0.1) is 5.92 Å². The Morgan fingerprint density at radius 1 is 1.21 bits per heavy atom. The van der Waals surface area contributed by atoms with Gasteiger partial charge in [-0.3, -0.25) is 0 Å². The van der Waals surface area contributed by atoms with E-state index in [9.17, 15) is 8.42 Å². The van der Waals surface area contributed by atoms with Gasteiger partial charge in [0.2, 0.25) is 5.95 Å². The number of hydrogen-bond donors (Lipinski definition) is 2. The molecule has 1 aromatic carbocycles. The number of halogens is 1. The molecule has 12 heteroatoms. The number of nitrogens with zero attached hydrogens (tertiary/aromatic N) is 5. The second kappa shape index (κ2) is 11.9. The molecule has 5 rings (SSSR count). The van der Waals surface area contributed by atoms with Gasteiger partial charge in [-0.1, -0.05) is 19.9 Å². The summed E-state index contributed by atoms with van der Waals surface area (Å²) in [6, 6.07) is 8.16. The molecule has 10 nitrogen and oxygen atoms in total. The molecule has 3 aromatic rings. The topological polar surface area (TPSA) is 121 Å². The number of benzene rings is 1. The lowest BCUT2D eigenvalue weighted by Gasteiger charge is -2.48. The van der Waals surface area contributed by atoms with Crippen LogP contribution in [0.2, 0.25) is 0 Å². The lowest BCUT2D eigenvalue weighted by atomic mass is 9.88. The van der Waals surface area contributed by atoms with E-state index >= 15 is 4.39 Å². The average molecular weight is 601 g/mol. The third-order valence-electron chi connectivity index (χ3n) is 8.39. The Hall–Kier alpha value is -3.09. The maximum atomic E-state index is 15.4. The molecule has 0 unspecified atom stereocenters. The SMILES string of the molecule is CC(C)c1ccc(N2C[C@H](CS(C)(=O)=O)[C@H]2C)c2cnc(Nc3ccnc(N4CC[C@@H](OCCO)[C@@](C)(F)C4)n3)cc12. The highest BCUT2D eigenvalue weighted by molar-refractivity contribution is 7.90. The summed E-state index contributed by atoms with van der Waals surface area (Å²) < 4.78 is 44.6. The summed E-state index contributed by atoms with van der Waals surface area (Å²) in [6.45, 7) is 9.18. The number of aliphatic hydroxyl groups is 1. The smallest absolute Gasteiger partial charge is 0.227 e. The van der Waals surface area contributed by atoms with Crippen LogP contribution in [0.25, 0.3) is 10.8 Å². The zero-order chi connectivity index (χ0) is 30.2. The van der Waals surface area contributed by atoms with Gasteiger partial charge in [-0.15, -0.1) is 0 Å². The van der Waals surface area contributed by atoms with Crippen molar-refractivity contribution in [2.45, 2.75) is 57.8 Å². The Morgan fingerprint density at radius 3 is 2.67 bits per heavy atom. The van der Waals surface area contributed by atoms with Crippen molar-refractivity contribution in [1.82, 2.24) is 15.0 Å². The number of aromatic nitrogens is 3. The highest BCUT2D eigenvalue weighted by Crippen LogP contribution is 2.39.